The van der Waals surface area contributed by atoms with Crippen LogP contribution in [0.2, 0.25) is 0 Å². The number of carbonyl (C=O) groups is 3. The first kappa shape index (κ1) is 18.7. The Hall–Kier alpha value is -2.61. The number of carboxylic acid groups (broad SMARTS) is 1. The maximum Gasteiger partial charge on any atom is 0.326 e. The van der Waals surface area contributed by atoms with Crippen molar-refractivity contribution < 1.29 is 19.5 Å². The molecule has 0 aliphatic heterocycles. The van der Waals surface area contributed by atoms with E-state index in [4.69, 9.17) is 5.11 Å². The molecule has 2 aromatic rings. The number of hydrogen-bond donors (Lipinski definition) is 3. The highest BCUT2D eigenvalue weighted by molar-refractivity contribution is 7.12. The molecule has 3 N–H and O–H groups in total. The van der Waals surface area contributed by atoms with E-state index >= 15 is 0 Å². The van der Waals surface area contributed by atoms with Gasteiger partial charge in [0.2, 0.25) is 5.91 Å². The average molecular weight is 363 g/mol. The first-order valence-electron chi connectivity index (χ1n) is 7.89. The van der Waals surface area contributed by atoms with Crippen molar-refractivity contribution in [3.8, 4) is 5.69 Å². The summed E-state index contributed by atoms with van der Waals surface area (Å²) in [6.45, 7) is 3.48. The van der Waals surface area contributed by atoms with E-state index in [1.54, 1.807) is 5.38 Å². The fraction of sp³-hybridized carbons (Fsp3) is 0.353. The van der Waals surface area contributed by atoms with Gasteiger partial charge < -0.3 is 20.3 Å². The number of amides is 2. The van der Waals surface area contributed by atoms with Crippen LogP contribution < -0.4 is 10.6 Å². The molecule has 0 radical (unpaired) electrons. The molecule has 0 bridgehead atoms. The van der Waals surface area contributed by atoms with E-state index < -0.39 is 17.9 Å². The van der Waals surface area contributed by atoms with Crippen LogP contribution in [0.4, 0.5) is 0 Å². The zero-order valence-corrected chi connectivity index (χ0v) is 14.9. The van der Waals surface area contributed by atoms with Crippen molar-refractivity contribution in [2.75, 3.05) is 6.54 Å². The minimum atomic E-state index is -1.08. The summed E-state index contributed by atoms with van der Waals surface area (Å²) < 4.78 is 1.81. The number of rotatable bonds is 8. The van der Waals surface area contributed by atoms with Crippen molar-refractivity contribution in [2.45, 2.75) is 26.3 Å². The zero-order chi connectivity index (χ0) is 18.4. The van der Waals surface area contributed by atoms with Gasteiger partial charge in [-0.25, -0.2) is 4.79 Å². The quantitative estimate of drug-likeness (QED) is 0.667. The standard InChI is InChI=1S/C17H21N3O4S/c1-11(2)9-12(17(23)24)19-14(21)10-18-16(22)15-13(5-8-25-15)20-6-3-4-7-20/h3-8,11-12H,9-10H2,1-2H3,(H,18,22)(H,19,21)(H,23,24)/t12-/m0/s1. The highest BCUT2D eigenvalue weighted by Crippen LogP contribution is 2.21. The molecule has 0 fully saturated rings. The summed E-state index contributed by atoms with van der Waals surface area (Å²) >= 11 is 1.28. The molecule has 0 saturated heterocycles. The van der Waals surface area contributed by atoms with Gasteiger partial charge in [-0.3, -0.25) is 9.59 Å². The Balaban J connectivity index is 1.93. The Bertz CT molecular complexity index is 737. The van der Waals surface area contributed by atoms with E-state index in [0.29, 0.717) is 11.3 Å². The van der Waals surface area contributed by atoms with Crippen LogP contribution in [-0.4, -0.2) is 40.0 Å². The van der Waals surface area contributed by atoms with E-state index in [2.05, 4.69) is 10.6 Å². The molecule has 2 aromatic heterocycles. The van der Waals surface area contributed by atoms with Gasteiger partial charge in [0.1, 0.15) is 10.9 Å². The van der Waals surface area contributed by atoms with Crippen LogP contribution in [0.25, 0.3) is 5.69 Å². The maximum atomic E-state index is 12.3. The van der Waals surface area contributed by atoms with Gasteiger partial charge in [-0.1, -0.05) is 13.8 Å². The number of carboxylic acids is 1. The molecule has 2 heterocycles. The van der Waals surface area contributed by atoms with Crippen LogP contribution in [0.3, 0.4) is 0 Å². The van der Waals surface area contributed by atoms with Gasteiger partial charge >= 0.3 is 5.97 Å². The van der Waals surface area contributed by atoms with Crippen LogP contribution in [-0.2, 0) is 9.59 Å². The van der Waals surface area contributed by atoms with Gasteiger partial charge in [-0.2, -0.15) is 0 Å². The number of aliphatic carboxylic acids is 1. The third-order valence-electron chi connectivity index (χ3n) is 3.48. The molecule has 7 nitrogen and oxygen atoms in total. The second-order valence-electron chi connectivity index (χ2n) is 6.00. The highest BCUT2D eigenvalue weighted by Gasteiger charge is 2.22. The summed E-state index contributed by atoms with van der Waals surface area (Å²) in [6, 6.07) is 4.57. The zero-order valence-electron chi connectivity index (χ0n) is 14.1. The molecule has 25 heavy (non-hydrogen) atoms. The van der Waals surface area contributed by atoms with Gasteiger partial charge in [0.05, 0.1) is 12.2 Å². The second-order valence-corrected chi connectivity index (χ2v) is 6.91. The van der Waals surface area contributed by atoms with Crippen LogP contribution in [0.15, 0.2) is 36.0 Å². The van der Waals surface area contributed by atoms with Crippen LogP contribution in [0, 0.1) is 5.92 Å². The summed E-state index contributed by atoms with van der Waals surface area (Å²) in [5.41, 5.74) is 0.733. The molecule has 2 amide bonds. The average Bonchev–Trinajstić information content (AvgIpc) is 3.21. The highest BCUT2D eigenvalue weighted by atomic mass is 32.1. The van der Waals surface area contributed by atoms with Crippen molar-refractivity contribution in [3.05, 3.63) is 40.8 Å². The summed E-state index contributed by atoms with van der Waals surface area (Å²) in [7, 11) is 0. The Morgan fingerprint density at radius 2 is 1.92 bits per heavy atom. The van der Waals surface area contributed by atoms with Gasteiger partial charge in [-0.05, 0) is 35.9 Å². The monoisotopic (exact) mass is 363 g/mol. The molecule has 0 aliphatic carbocycles. The van der Waals surface area contributed by atoms with E-state index in [1.807, 2.05) is 49.0 Å². The number of nitrogens with one attached hydrogen (secondary N) is 2. The lowest BCUT2D eigenvalue weighted by atomic mass is 10.0. The fourth-order valence-corrected chi connectivity index (χ4v) is 3.16. The van der Waals surface area contributed by atoms with Gasteiger partial charge in [0.15, 0.2) is 0 Å². The molecule has 8 heteroatoms. The molecule has 0 unspecified atom stereocenters. The smallest absolute Gasteiger partial charge is 0.326 e. The summed E-state index contributed by atoms with van der Waals surface area (Å²) in [5.74, 6) is -1.85. The van der Waals surface area contributed by atoms with Crippen LogP contribution in [0.1, 0.15) is 29.9 Å². The normalized spacial score (nSPS) is 12.0. The number of hydrogen-bond acceptors (Lipinski definition) is 4. The SMILES string of the molecule is CC(C)C[C@H](NC(=O)CNC(=O)c1sccc1-n1cccc1)C(=O)O. The first-order valence-corrected chi connectivity index (χ1v) is 8.77. The van der Waals surface area contributed by atoms with Crippen molar-refractivity contribution in [1.82, 2.24) is 15.2 Å². The van der Waals surface area contributed by atoms with Crippen LogP contribution >= 0.6 is 11.3 Å². The Kier molecular flexibility index (Phi) is 6.35. The lowest BCUT2D eigenvalue weighted by Crippen LogP contribution is -2.46. The molecule has 0 saturated carbocycles. The Morgan fingerprint density at radius 3 is 2.52 bits per heavy atom. The van der Waals surface area contributed by atoms with E-state index in [0.717, 1.165) is 5.69 Å². The minimum absolute atomic E-state index is 0.131. The minimum Gasteiger partial charge on any atom is -0.480 e. The number of carbonyl (C=O) groups excluding carboxylic acids is 2. The lowest BCUT2D eigenvalue weighted by Gasteiger charge is -2.16. The Labute approximate surface area is 149 Å². The molecule has 1 atom stereocenters. The van der Waals surface area contributed by atoms with E-state index in [1.165, 1.54) is 11.3 Å². The largest absolute Gasteiger partial charge is 0.480 e. The van der Waals surface area contributed by atoms with Crippen molar-refractivity contribution in [2.24, 2.45) is 5.92 Å². The molecule has 0 aliphatic rings. The fourth-order valence-electron chi connectivity index (χ4n) is 2.35. The second kappa shape index (κ2) is 8.48. The molecular formula is C17H21N3O4S. The lowest BCUT2D eigenvalue weighted by molar-refractivity contribution is -0.142. The summed E-state index contributed by atoms with van der Waals surface area (Å²) in [5, 5.41) is 15.9. The Morgan fingerprint density at radius 1 is 1.24 bits per heavy atom. The molecule has 0 aromatic carbocycles. The van der Waals surface area contributed by atoms with Gasteiger partial charge in [0.25, 0.3) is 5.91 Å². The van der Waals surface area contributed by atoms with Gasteiger partial charge in [0, 0.05) is 12.4 Å². The molecular weight excluding hydrogens is 342 g/mol. The molecule has 2 rings (SSSR count). The van der Waals surface area contributed by atoms with Crippen molar-refractivity contribution in [1.29, 1.82) is 0 Å². The predicted molar refractivity (Wildman–Crippen MR) is 95.0 cm³/mol. The van der Waals surface area contributed by atoms with Crippen molar-refractivity contribution in [3.63, 3.8) is 0 Å². The predicted octanol–water partition coefficient (Wildman–Crippen LogP) is 1.88. The number of aromatic nitrogens is 1. The summed E-state index contributed by atoms with van der Waals surface area (Å²) in [4.78, 5) is 35.9. The van der Waals surface area contributed by atoms with E-state index in [9.17, 15) is 14.4 Å². The first-order chi connectivity index (χ1) is 11.9. The third kappa shape index (κ3) is 5.18. The molecule has 134 valence electrons. The number of nitrogens with zero attached hydrogens (tertiary/aromatic N) is 1. The van der Waals surface area contributed by atoms with Crippen LogP contribution in [0.5, 0.6) is 0 Å². The van der Waals surface area contributed by atoms with Gasteiger partial charge in [-0.15, -0.1) is 11.3 Å². The molecule has 0 spiro atoms. The third-order valence-corrected chi connectivity index (χ3v) is 4.39. The van der Waals surface area contributed by atoms with Crippen molar-refractivity contribution >= 4 is 29.1 Å². The van der Waals surface area contributed by atoms with E-state index in [-0.39, 0.29) is 18.4 Å². The summed E-state index contributed by atoms with van der Waals surface area (Å²) in [6.07, 6.45) is 3.99. The topological polar surface area (TPSA) is 100 Å². The maximum absolute atomic E-state index is 12.3. The number of thiophene rings is 1.